The van der Waals surface area contributed by atoms with Gasteiger partial charge in [-0.25, -0.2) is 0 Å². The van der Waals surface area contributed by atoms with Crippen molar-refractivity contribution in [3.05, 3.63) is 258 Å². The van der Waals surface area contributed by atoms with Gasteiger partial charge in [0.1, 0.15) is 0 Å². The van der Waals surface area contributed by atoms with Crippen LogP contribution in [0.15, 0.2) is 191 Å². The van der Waals surface area contributed by atoms with Crippen LogP contribution in [-0.4, -0.2) is 62.1 Å². The SMILES string of the molecule is C.C.C.C.C/C(Br)=C/COCc1ccccc1.CC1(B(O)O)CC1COCc1ccccc1.CC1(Br)CC1COCc1ccccc1.CC1(C)CCC(C)(C)c2cc(Br)ccc21.CC1(C)CCC(C)(C)c2cc(C3(C)CC3CO)ccc21.CC1(C)CCC(C)(C)c2cc(C3(C)CC3COCc3ccccc3)ccc21.ICI.[Cu].[Zn]. The van der Waals surface area contributed by atoms with Crippen LogP contribution >= 0.6 is 93.0 Å². The minimum atomic E-state index is -1.22. The van der Waals surface area contributed by atoms with E-state index in [0.717, 1.165) is 49.3 Å². The monoisotopic (exact) mass is 2070 g/mol. The van der Waals surface area contributed by atoms with Crippen LogP contribution in [0.25, 0.3) is 0 Å². The predicted octanol–water partition coefficient (Wildman–Crippen LogP) is 28.3. The van der Waals surface area contributed by atoms with Crippen LogP contribution in [0, 0.1) is 23.7 Å². The fourth-order valence-electron chi connectivity index (χ4n) is 15.9. The van der Waals surface area contributed by atoms with Crippen molar-refractivity contribution in [1.82, 2.24) is 0 Å². The second kappa shape index (κ2) is 47.1. The van der Waals surface area contributed by atoms with Gasteiger partial charge in [-0.2, -0.15) is 0 Å². The van der Waals surface area contributed by atoms with Gasteiger partial charge in [0.25, 0.3) is 0 Å². The van der Waals surface area contributed by atoms with Crippen molar-refractivity contribution >= 4 is 100 Å². The first-order chi connectivity index (χ1) is 50.8. The Morgan fingerprint density at radius 2 is 0.711 bits per heavy atom. The Kier molecular flexibility index (Phi) is 44.7. The molecule has 8 atom stereocenters. The summed E-state index contributed by atoms with van der Waals surface area (Å²) < 4.78 is 26.5. The zero-order chi connectivity index (χ0) is 79.2. The Labute approximate surface area is 770 Å². The number of ether oxygens (including phenoxy) is 4. The van der Waals surface area contributed by atoms with E-state index >= 15 is 0 Å². The van der Waals surface area contributed by atoms with Crippen molar-refractivity contribution in [2.45, 2.75) is 291 Å². The number of alkyl halides is 3. The molecule has 0 bridgehead atoms. The zero-order valence-corrected chi connectivity index (χ0v) is 82.2. The average molecular weight is 2080 g/mol. The first-order valence-electron chi connectivity index (χ1n) is 39.5. The molecule has 4 fully saturated rings. The summed E-state index contributed by atoms with van der Waals surface area (Å²) in [5.74, 6) is 2.07. The summed E-state index contributed by atoms with van der Waals surface area (Å²) in [7, 11) is -1.22. The van der Waals surface area contributed by atoms with Crippen molar-refractivity contribution in [2.24, 2.45) is 23.7 Å². The molecule has 3 N–H and O–H groups in total. The van der Waals surface area contributed by atoms with Crippen molar-refractivity contribution in [3.8, 4) is 0 Å². The Bertz CT molecular complexity index is 3990. The van der Waals surface area contributed by atoms with Crippen LogP contribution in [0.2, 0.25) is 5.31 Å². The van der Waals surface area contributed by atoms with E-state index in [0.29, 0.717) is 76.8 Å². The molecule has 14 rings (SSSR count). The fourth-order valence-corrected chi connectivity index (χ4v) is 16.9. The first kappa shape index (κ1) is 108. The Balaban J connectivity index is 0.000000464. The maximum Gasteiger partial charge on any atom is 0.458 e. The summed E-state index contributed by atoms with van der Waals surface area (Å²) in [4.78, 5) is 0. The minimum absolute atomic E-state index is 0. The second-order valence-corrected chi connectivity index (χ2v) is 45.1. The quantitative estimate of drug-likeness (QED) is 0.0303. The van der Waals surface area contributed by atoms with Gasteiger partial charge in [0.05, 0.1) is 48.7 Å². The third-order valence-corrected chi connectivity index (χ3v) is 26.9. The van der Waals surface area contributed by atoms with Crippen LogP contribution in [-0.2, 0) is 125 Å². The second-order valence-electron chi connectivity index (χ2n) is 36.7. The van der Waals surface area contributed by atoms with E-state index in [2.05, 4.69) is 306 Å². The number of rotatable bonds is 20. The molecule has 7 nitrogen and oxygen atoms in total. The number of benzene rings is 7. The minimum Gasteiger partial charge on any atom is -0.427 e. The van der Waals surface area contributed by atoms with E-state index in [1.165, 1.54) is 108 Å². The molecule has 633 valence electrons. The number of hydrogen-bond acceptors (Lipinski definition) is 7. The third-order valence-electron chi connectivity index (χ3n) is 25.2. The molecule has 0 aromatic heterocycles. The molecule has 7 aromatic rings. The molecule has 0 saturated heterocycles. The first-order valence-corrected chi connectivity index (χ1v) is 44.9. The molecule has 7 aliphatic carbocycles. The number of hydrogen-bond donors (Lipinski definition) is 3. The van der Waals surface area contributed by atoms with Crippen molar-refractivity contribution < 1.29 is 70.6 Å². The van der Waals surface area contributed by atoms with Crippen molar-refractivity contribution in [3.63, 3.8) is 0 Å². The number of fused-ring (bicyclic) bond motifs is 3. The maximum atomic E-state index is 9.43. The van der Waals surface area contributed by atoms with Gasteiger partial charge in [-0.3, -0.25) is 0 Å². The van der Waals surface area contributed by atoms with Gasteiger partial charge in [-0.15, -0.1) is 0 Å². The standard InChI is InChI=1S/C26H34O.C19H28O.C14H19Br.C12H17BO3.C12H15BrO.C11H13BrO.CH2I2.4CH4.Cu.Zn/c1-24(2)13-14-25(3,4)23-15-20(11-12-22(23)24)26(5)16-21(26)18-27-17-19-9-7-6-8-10-19;1-17(2)8-9-18(3,4)16-10-13(6-7-15(16)17)19(5)11-14(19)12-20;1-13(2)7-8-14(3,4)12-9-10(15)5-6-11(12)13;1-12(13(14)15)7-11(12)9-16-8-10-5-3-2-4-6-10;1-12(13)7-11(12)9-14-8-10-5-3-2-4-6-10;1-10(12)7-8-13-9-11-5-3-2-4-6-11;2-1-3;;;;;;/h6-12,15,21H,13-14,16-18H2,1-5H3;6-7,10,14,20H,8-9,11-12H2,1-5H3;5-6,9H,7-8H2,1-4H3;2-6,11,14-15H,7-9H2,1H3;2-6,11H,7-9H2,1H3;2-7H,8-9H2,1H3;1H2;4*1H4;;/b;;;;;10-7-;;;;;;;. The van der Waals surface area contributed by atoms with Crippen LogP contribution in [0.4, 0.5) is 0 Å². The van der Waals surface area contributed by atoms with E-state index in [9.17, 15) is 5.11 Å². The van der Waals surface area contributed by atoms with Crippen LogP contribution in [0.1, 0.15) is 278 Å². The normalized spacial score (nSPS) is 24.5. The molecule has 7 aromatic carbocycles. The molecule has 8 unspecified atom stereocenters. The molecular formula is C99H144BBr3CuI2O7Zn. The van der Waals surface area contributed by atoms with E-state index in [4.69, 9.17) is 29.0 Å². The average Bonchev–Trinajstić information content (AvgIpc) is 1.57. The van der Waals surface area contributed by atoms with E-state index in [1.54, 1.807) is 11.1 Å². The molecule has 114 heavy (non-hydrogen) atoms. The largest absolute Gasteiger partial charge is 0.458 e. The Morgan fingerprint density at radius 3 is 1.02 bits per heavy atom. The Morgan fingerprint density at radius 1 is 0.421 bits per heavy atom. The number of aliphatic hydroxyl groups excluding tert-OH is 1. The summed E-state index contributed by atoms with van der Waals surface area (Å²) in [6, 6.07) is 62.2. The van der Waals surface area contributed by atoms with Crippen LogP contribution in [0.3, 0.4) is 0 Å². The number of allylic oxidation sites excluding steroid dienone is 1. The summed E-state index contributed by atoms with van der Waals surface area (Å²) in [5.41, 5.74) is 19.4. The number of aliphatic hydroxyl groups is 1. The van der Waals surface area contributed by atoms with Crippen molar-refractivity contribution in [1.29, 1.82) is 0 Å². The van der Waals surface area contributed by atoms with Crippen molar-refractivity contribution in [2.75, 3.05) is 35.5 Å². The zero-order valence-electron chi connectivity index (χ0n) is 69.2. The fraction of sp³-hybridized carbons (Fsp3) is 0.556. The Hall–Kier alpha value is -1.89. The summed E-state index contributed by atoms with van der Waals surface area (Å²) in [5, 5.41) is 27.4. The predicted molar refractivity (Wildman–Crippen MR) is 510 cm³/mol. The van der Waals surface area contributed by atoms with Gasteiger partial charge >= 0.3 is 7.12 Å². The molecule has 0 aliphatic heterocycles. The van der Waals surface area contributed by atoms with Gasteiger partial charge in [-0.05, 0) is 234 Å². The maximum absolute atomic E-state index is 9.43. The third kappa shape index (κ3) is 30.6. The van der Waals surface area contributed by atoms with Gasteiger partial charge in [0.15, 0.2) is 0 Å². The summed E-state index contributed by atoms with van der Waals surface area (Å²) in [6.07, 6.45) is 14.1. The molecule has 0 spiro atoms. The summed E-state index contributed by atoms with van der Waals surface area (Å²) >= 11 is 15.1. The number of halogens is 5. The van der Waals surface area contributed by atoms with Gasteiger partial charge < -0.3 is 34.1 Å². The van der Waals surface area contributed by atoms with Crippen LogP contribution in [0.5, 0.6) is 0 Å². The molecule has 1 radical (unpaired) electrons. The van der Waals surface area contributed by atoms with Crippen LogP contribution < -0.4 is 0 Å². The molecular weight excluding hydrogens is 1930 g/mol. The molecule has 0 amide bonds. The molecule has 4 saturated carbocycles. The van der Waals surface area contributed by atoms with Gasteiger partial charge in [-0.1, -0.05) is 390 Å². The van der Waals surface area contributed by atoms with E-state index < -0.39 is 7.12 Å². The molecule has 0 heterocycles. The van der Waals surface area contributed by atoms with Gasteiger partial charge in [0, 0.05) is 63.9 Å². The topological polar surface area (TPSA) is 97.6 Å². The smallest absolute Gasteiger partial charge is 0.427 e. The molecule has 7 aliphatic rings. The van der Waals surface area contributed by atoms with Gasteiger partial charge in [0.2, 0.25) is 0 Å². The van der Waals surface area contributed by atoms with E-state index in [1.807, 2.05) is 86.7 Å². The summed E-state index contributed by atoms with van der Waals surface area (Å²) in [6.45, 7) is 45.4. The van der Waals surface area contributed by atoms with E-state index in [-0.39, 0.29) is 99.1 Å². The molecule has 15 heteroatoms.